The van der Waals surface area contributed by atoms with Crippen LogP contribution < -0.4 is 0 Å². The summed E-state index contributed by atoms with van der Waals surface area (Å²) in [6.45, 7) is 20.8. The van der Waals surface area contributed by atoms with E-state index in [1.54, 1.807) is 24.3 Å². The first-order valence-corrected chi connectivity index (χ1v) is 15.6. The standard InChI is InChI=1S/C38H50O4/c1-24(2)15-17-29-23-37(22-28-19-20-35(6,7)21-26(28)5)32(40)30(18-16-25(3)4)33(41)38(34(37)42,36(29,8)9)31(39)27-13-11-10-12-14-27/h10-16,28-29,40H,5,17-23H2,1-4,6-9H3. The number of hydrogen-bond donors (Lipinski definition) is 1. The van der Waals surface area contributed by atoms with Crippen LogP contribution >= 0.6 is 0 Å². The van der Waals surface area contributed by atoms with Gasteiger partial charge in [0.1, 0.15) is 5.76 Å². The zero-order valence-electron chi connectivity index (χ0n) is 27.0. The van der Waals surface area contributed by atoms with E-state index < -0.39 is 33.6 Å². The van der Waals surface area contributed by atoms with Crippen molar-refractivity contribution in [2.45, 2.75) is 100 Å². The van der Waals surface area contributed by atoms with Crippen molar-refractivity contribution in [2.24, 2.45) is 33.5 Å². The molecule has 4 unspecified atom stereocenters. The van der Waals surface area contributed by atoms with Crippen molar-refractivity contribution >= 4 is 17.3 Å². The maximum atomic E-state index is 15.3. The van der Waals surface area contributed by atoms with Crippen molar-refractivity contribution in [3.05, 3.63) is 82.7 Å². The zero-order chi connectivity index (χ0) is 31.3. The lowest BCUT2D eigenvalue weighted by Gasteiger charge is -2.60. The Morgan fingerprint density at radius 3 is 2.19 bits per heavy atom. The van der Waals surface area contributed by atoms with E-state index in [1.807, 2.05) is 53.7 Å². The zero-order valence-corrected chi connectivity index (χ0v) is 27.0. The monoisotopic (exact) mass is 570 g/mol. The predicted octanol–water partition coefficient (Wildman–Crippen LogP) is 9.34. The van der Waals surface area contributed by atoms with Crippen molar-refractivity contribution in [2.75, 3.05) is 0 Å². The molecule has 4 rings (SSSR count). The van der Waals surface area contributed by atoms with Crippen LogP contribution in [0.3, 0.4) is 0 Å². The third-order valence-electron chi connectivity index (χ3n) is 10.7. The molecule has 2 bridgehead atoms. The summed E-state index contributed by atoms with van der Waals surface area (Å²) in [6.07, 6.45) is 8.37. The van der Waals surface area contributed by atoms with Gasteiger partial charge in [-0.1, -0.05) is 93.5 Å². The van der Waals surface area contributed by atoms with Crippen LogP contribution in [-0.2, 0) is 9.59 Å². The summed E-state index contributed by atoms with van der Waals surface area (Å²) in [5, 5.41) is 12.2. The van der Waals surface area contributed by atoms with Gasteiger partial charge in [-0.3, -0.25) is 14.4 Å². The van der Waals surface area contributed by atoms with Crippen LogP contribution in [0.25, 0.3) is 0 Å². The Balaban J connectivity index is 2.03. The van der Waals surface area contributed by atoms with Gasteiger partial charge in [-0.05, 0) is 95.3 Å². The van der Waals surface area contributed by atoms with E-state index in [9.17, 15) is 14.7 Å². The van der Waals surface area contributed by atoms with Crippen LogP contribution in [0, 0.1) is 33.5 Å². The molecule has 4 nitrogen and oxygen atoms in total. The minimum absolute atomic E-state index is 0.0249. The third-order valence-corrected chi connectivity index (χ3v) is 10.7. The topological polar surface area (TPSA) is 71.4 Å². The summed E-state index contributed by atoms with van der Waals surface area (Å²) in [5.41, 5.74) is -0.285. The number of hydrogen-bond acceptors (Lipinski definition) is 4. The average molecular weight is 571 g/mol. The molecule has 1 N–H and O–H groups in total. The van der Waals surface area contributed by atoms with Gasteiger partial charge in [0.15, 0.2) is 22.8 Å². The number of aliphatic hydroxyl groups excluding tert-OH is 1. The molecule has 0 aromatic heterocycles. The molecule has 0 radical (unpaired) electrons. The molecule has 0 spiro atoms. The molecule has 4 atom stereocenters. The quantitative estimate of drug-likeness (QED) is 0.192. The molecule has 0 amide bonds. The van der Waals surface area contributed by atoms with Crippen molar-refractivity contribution < 1.29 is 19.5 Å². The van der Waals surface area contributed by atoms with E-state index in [0.29, 0.717) is 24.8 Å². The van der Waals surface area contributed by atoms with Gasteiger partial charge in [0, 0.05) is 11.1 Å². The molecule has 4 heteroatoms. The molecule has 3 aliphatic rings. The number of ketones is 3. The number of rotatable bonds is 8. The highest BCUT2D eigenvalue weighted by Gasteiger charge is 2.75. The molecule has 0 aliphatic heterocycles. The lowest BCUT2D eigenvalue weighted by Crippen LogP contribution is -2.70. The van der Waals surface area contributed by atoms with Crippen LogP contribution in [-0.4, -0.2) is 22.5 Å². The van der Waals surface area contributed by atoms with Gasteiger partial charge in [-0.15, -0.1) is 0 Å². The van der Waals surface area contributed by atoms with E-state index in [1.165, 1.54) is 0 Å². The molecule has 2 saturated carbocycles. The summed E-state index contributed by atoms with van der Waals surface area (Å²) < 4.78 is 0. The highest BCUT2D eigenvalue weighted by molar-refractivity contribution is 6.36. The maximum Gasteiger partial charge on any atom is 0.184 e. The van der Waals surface area contributed by atoms with Crippen LogP contribution in [0.15, 0.2) is 77.1 Å². The molecule has 0 saturated heterocycles. The lowest BCUT2D eigenvalue weighted by molar-refractivity contribution is -0.166. The number of Topliss-reactive ketones (excluding diaryl/α,β-unsaturated/α-hetero) is 3. The van der Waals surface area contributed by atoms with Gasteiger partial charge in [0.05, 0.1) is 5.41 Å². The van der Waals surface area contributed by atoms with Crippen molar-refractivity contribution in [1.29, 1.82) is 0 Å². The Kier molecular flexibility index (Phi) is 8.54. The van der Waals surface area contributed by atoms with Crippen molar-refractivity contribution in [3.63, 3.8) is 0 Å². The summed E-state index contributed by atoms with van der Waals surface area (Å²) >= 11 is 0. The third kappa shape index (κ3) is 5.09. The summed E-state index contributed by atoms with van der Waals surface area (Å²) in [4.78, 5) is 45.0. The Morgan fingerprint density at radius 1 is 1.00 bits per heavy atom. The first kappa shape index (κ1) is 31.9. The first-order valence-electron chi connectivity index (χ1n) is 15.6. The van der Waals surface area contributed by atoms with Crippen LogP contribution in [0.5, 0.6) is 0 Å². The van der Waals surface area contributed by atoms with Crippen LogP contribution in [0.2, 0.25) is 0 Å². The molecular weight excluding hydrogens is 520 g/mol. The van der Waals surface area contributed by atoms with Gasteiger partial charge in [0.2, 0.25) is 0 Å². The minimum atomic E-state index is -1.93. The van der Waals surface area contributed by atoms with Gasteiger partial charge in [-0.25, -0.2) is 0 Å². The predicted molar refractivity (Wildman–Crippen MR) is 170 cm³/mol. The Hall–Kier alpha value is -3.01. The van der Waals surface area contributed by atoms with E-state index in [2.05, 4.69) is 26.5 Å². The highest BCUT2D eigenvalue weighted by atomic mass is 16.3. The fourth-order valence-corrected chi connectivity index (χ4v) is 8.06. The van der Waals surface area contributed by atoms with Crippen LogP contribution in [0.4, 0.5) is 0 Å². The molecule has 1 aromatic rings. The number of carbonyl (C=O) groups excluding carboxylic acids is 3. The summed E-state index contributed by atoms with van der Waals surface area (Å²) in [7, 11) is 0. The number of aliphatic hydroxyl groups is 1. The second kappa shape index (κ2) is 11.2. The smallest absolute Gasteiger partial charge is 0.184 e. The number of carbonyl (C=O) groups is 3. The van der Waals surface area contributed by atoms with Crippen molar-refractivity contribution in [3.8, 4) is 0 Å². The first-order chi connectivity index (χ1) is 19.5. The second-order valence-electron chi connectivity index (χ2n) is 15.1. The minimum Gasteiger partial charge on any atom is -0.511 e. The van der Waals surface area contributed by atoms with Gasteiger partial charge in [0.25, 0.3) is 0 Å². The molecule has 226 valence electrons. The molecular formula is C38H50O4. The number of fused-ring (bicyclic) bond motifs is 2. The van der Waals surface area contributed by atoms with Gasteiger partial charge < -0.3 is 5.11 Å². The second-order valence-corrected chi connectivity index (χ2v) is 15.1. The summed E-state index contributed by atoms with van der Waals surface area (Å²) in [6, 6.07) is 8.78. The number of allylic oxidation sites excluding steroid dienone is 7. The van der Waals surface area contributed by atoms with E-state index in [4.69, 9.17) is 0 Å². The Morgan fingerprint density at radius 2 is 1.62 bits per heavy atom. The fraction of sp³-hybridized carbons (Fsp3) is 0.553. The molecule has 1 aromatic carbocycles. The molecule has 42 heavy (non-hydrogen) atoms. The fourth-order valence-electron chi connectivity index (χ4n) is 8.06. The number of benzene rings is 1. The van der Waals surface area contributed by atoms with E-state index >= 15 is 4.79 Å². The maximum absolute atomic E-state index is 15.3. The van der Waals surface area contributed by atoms with E-state index in [-0.39, 0.29) is 35.0 Å². The Labute approximate surface area is 253 Å². The Bertz CT molecular complexity index is 1380. The highest BCUT2D eigenvalue weighted by Crippen LogP contribution is 2.67. The van der Waals surface area contributed by atoms with Gasteiger partial charge >= 0.3 is 0 Å². The SMILES string of the molecule is C=C1CC(C)(C)CCC1CC12CC(CC=C(C)C)C(C)(C)C(C(=O)c3ccccc3)(C(=O)C(CC=C(C)C)=C1O)C2=O. The van der Waals surface area contributed by atoms with Gasteiger partial charge in [-0.2, -0.15) is 0 Å². The lowest BCUT2D eigenvalue weighted by atomic mass is 9.38. The van der Waals surface area contributed by atoms with Crippen LogP contribution in [0.1, 0.15) is 111 Å². The van der Waals surface area contributed by atoms with Crippen molar-refractivity contribution in [1.82, 2.24) is 0 Å². The average Bonchev–Trinajstić information content (AvgIpc) is 2.90. The normalized spacial score (nSPS) is 30.1. The largest absolute Gasteiger partial charge is 0.511 e. The summed E-state index contributed by atoms with van der Waals surface area (Å²) in [5.74, 6) is -1.65. The molecule has 2 fully saturated rings. The molecule has 3 aliphatic carbocycles. The van der Waals surface area contributed by atoms with E-state index in [0.717, 1.165) is 36.0 Å². The molecule has 0 heterocycles.